The lowest BCUT2D eigenvalue weighted by Crippen LogP contribution is -2.25. The highest BCUT2D eigenvalue weighted by Gasteiger charge is 2.38. The Morgan fingerprint density at radius 3 is 2.19 bits per heavy atom. The van der Waals surface area contributed by atoms with E-state index in [1.165, 1.54) is 30.6 Å². The molecule has 2 amide bonds. The van der Waals surface area contributed by atoms with Gasteiger partial charge >= 0.3 is 18.2 Å². The Morgan fingerprint density at radius 1 is 0.889 bits per heavy atom. The molecule has 1 saturated carbocycles. The van der Waals surface area contributed by atoms with Gasteiger partial charge in [-0.15, -0.1) is 0 Å². The molecule has 36 heavy (non-hydrogen) atoms. The van der Waals surface area contributed by atoms with Crippen LogP contribution < -0.4 is 10.6 Å². The smallest absolute Gasteiger partial charge is 0.416 e. The number of carboxylic acid groups (broad SMARTS) is 1. The van der Waals surface area contributed by atoms with Crippen molar-refractivity contribution in [3.05, 3.63) is 72.2 Å². The number of carbonyl (C=O) groups excluding carboxylic acids is 2. The Kier molecular flexibility index (Phi) is 7.00. The highest BCUT2D eigenvalue weighted by Crippen LogP contribution is 2.34. The molecule has 8 nitrogen and oxygen atoms in total. The second-order valence-corrected chi connectivity index (χ2v) is 8.37. The molecule has 0 aliphatic heterocycles. The van der Waals surface area contributed by atoms with E-state index < -0.39 is 35.6 Å². The number of urea groups is 1. The molecule has 2 heterocycles. The monoisotopic (exact) mass is 498 g/mol. The fourth-order valence-corrected chi connectivity index (χ4v) is 4.16. The van der Waals surface area contributed by atoms with Crippen molar-refractivity contribution in [2.24, 2.45) is 11.8 Å². The van der Waals surface area contributed by atoms with Crippen LogP contribution in [0, 0.1) is 11.8 Å². The molecule has 0 unspecified atom stereocenters. The third-order valence-electron chi connectivity index (χ3n) is 5.97. The first kappa shape index (κ1) is 24.8. The molecule has 2 aromatic heterocycles. The van der Waals surface area contributed by atoms with Gasteiger partial charge in [0.2, 0.25) is 0 Å². The molecule has 1 aromatic carbocycles. The Morgan fingerprint density at radius 2 is 1.58 bits per heavy atom. The Labute approximate surface area is 203 Å². The number of benzene rings is 1. The van der Waals surface area contributed by atoms with Gasteiger partial charge in [0.25, 0.3) is 0 Å². The van der Waals surface area contributed by atoms with E-state index in [1.807, 2.05) is 0 Å². The van der Waals surface area contributed by atoms with Crippen molar-refractivity contribution >= 4 is 29.3 Å². The third kappa shape index (κ3) is 5.68. The highest BCUT2D eigenvalue weighted by molar-refractivity contribution is 6.00. The van der Waals surface area contributed by atoms with Crippen LogP contribution in [0.25, 0.3) is 11.1 Å². The average molecular weight is 498 g/mol. The fraction of sp³-hybridized carbons (Fsp3) is 0.240. The van der Waals surface area contributed by atoms with Crippen molar-refractivity contribution in [3.8, 4) is 11.1 Å². The third-order valence-corrected chi connectivity index (χ3v) is 5.97. The lowest BCUT2D eigenvalue weighted by Gasteiger charge is -2.14. The van der Waals surface area contributed by atoms with Gasteiger partial charge in [0.15, 0.2) is 5.78 Å². The Bertz CT molecular complexity index is 1280. The number of Topliss-reactive ketones (excluding diaryl/α,β-unsaturated/α-hetero) is 1. The second kappa shape index (κ2) is 10.1. The first-order valence-electron chi connectivity index (χ1n) is 11.1. The van der Waals surface area contributed by atoms with E-state index in [-0.39, 0.29) is 23.0 Å². The van der Waals surface area contributed by atoms with Gasteiger partial charge in [0.1, 0.15) is 11.5 Å². The zero-order chi connectivity index (χ0) is 25.9. The van der Waals surface area contributed by atoms with E-state index in [2.05, 4.69) is 20.6 Å². The molecule has 0 radical (unpaired) electrons. The molecule has 4 rings (SSSR count). The van der Waals surface area contributed by atoms with E-state index >= 15 is 0 Å². The van der Waals surface area contributed by atoms with Crippen LogP contribution in [-0.2, 0) is 11.0 Å². The zero-order valence-electron chi connectivity index (χ0n) is 18.7. The summed E-state index contributed by atoms with van der Waals surface area (Å²) >= 11 is 0. The summed E-state index contributed by atoms with van der Waals surface area (Å²) < 4.78 is 38.5. The maximum Gasteiger partial charge on any atom is 0.416 e. The number of rotatable bonds is 6. The second-order valence-electron chi connectivity index (χ2n) is 8.37. The SMILES string of the molecule is O=C(Nc1cccc(C(F)(F)F)c1)Nc1ccc(-c2ccc(C(=O)[C@@H]3CCC[C@H]3C(=O)O)nc2)cn1. The normalized spacial score (nSPS) is 17.4. The number of nitrogens with zero attached hydrogens (tertiary/aromatic N) is 2. The predicted molar refractivity (Wildman–Crippen MR) is 124 cm³/mol. The van der Waals surface area contributed by atoms with Gasteiger partial charge in [-0.05, 0) is 49.2 Å². The molecule has 0 saturated heterocycles. The number of pyridine rings is 2. The zero-order valence-corrected chi connectivity index (χ0v) is 18.7. The number of carboxylic acids is 1. The fourth-order valence-electron chi connectivity index (χ4n) is 4.16. The van der Waals surface area contributed by atoms with E-state index in [4.69, 9.17) is 0 Å². The number of amides is 2. The van der Waals surface area contributed by atoms with Crippen molar-refractivity contribution in [1.82, 2.24) is 9.97 Å². The van der Waals surface area contributed by atoms with Crippen molar-refractivity contribution < 1.29 is 32.7 Å². The Balaban J connectivity index is 1.38. The van der Waals surface area contributed by atoms with Crippen molar-refractivity contribution in [3.63, 3.8) is 0 Å². The van der Waals surface area contributed by atoms with Gasteiger partial charge in [0, 0.05) is 35.1 Å². The predicted octanol–water partition coefficient (Wildman–Crippen LogP) is 5.49. The molecule has 1 fully saturated rings. The number of halogens is 3. The number of hydrogen-bond donors (Lipinski definition) is 3. The molecule has 3 aromatic rings. The first-order valence-corrected chi connectivity index (χ1v) is 11.1. The summed E-state index contributed by atoms with van der Waals surface area (Å²) in [4.78, 5) is 44.6. The summed E-state index contributed by atoms with van der Waals surface area (Å²) in [6.07, 6.45) is 0.129. The number of hydrogen-bond acceptors (Lipinski definition) is 5. The number of nitrogens with one attached hydrogen (secondary N) is 2. The minimum Gasteiger partial charge on any atom is -0.481 e. The number of aromatic nitrogens is 2. The van der Waals surface area contributed by atoms with Gasteiger partial charge < -0.3 is 10.4 Å². The van der Waals surface area contributed by atoms with Crippen LogP contribution in [0.15, 0.2) is 60.9 Å². The summed E-state index contributed by atoms with van der Waals surface area (Å²) in [6.45, 7) is 0. The quantitative estimate of drug-likeness (QED) is 0.387. The molecule has 2 atom stereocenters. The number of anilines is 2. The topological polar surface area (TPSA) is 121 Å². The number of carbonyl (C=O) groups is 3. The molecule has 0 bridgehead atoms. The number of aliphatic carboxylic acids is 1. The largest absolute Gasteiger partial charge is 0.481 e. The number of ketones is 1. The summed E-state index contributed by atoms with van der Waals surface area (Å²) in [5.74, 6) is -2.34. The van der Waals surface area contributed by atoms with Crippen LogP contribution in [-0.4, -0.2) is 32.9 Å². The minimum absolute atomic E-state index is 0.0214. The van der Waals surface area contributed by atoms with E-state index in [9.17, 15) is 32.7 Å². The first-order chi connectivity index (χ1) is 17.1. The van der Waals surface area contributed by atoms with Gasteiger partial charge in [0.05, 0.1) is 11.5 Å². The van der Waals surface area contributed by atoms with Crippen LogP contribution in [0.1, 0.15) is 35.3 Å². The lowest BCUT2D eigenvalue weighted by atomic mass is 9.90. The molecule has 186 valence electrons. The molecule has 1 aliphatic carbocycles. The van der Waals surface area contributed by atoms with Gasteiger partial charge in [-0.1, -0.05) is 18.6 Å². The van der Waals surface area contributed by atoms with Crippen molar-refractivity contribution in [2.45, 2.75) is 25.4 Å². The lowest BCUT2D eigenvalue weighted by molar-refractivity contribution is -0.142. The maximum atomic E-state index is 12.8. The van der Waals surface area contributed by atoms with Crippen LogP contribution in [0.5, 0.6) is 0 Å². The molecule has 0 spiro atoms. The maximum absolute atomic E-state index is 12.8. The van der Waals surface area contributed by atoms with Gasteiger partial charge in [-0.3, -0.25) is 19.9 Å². The molecule has 11 heteroatoms. The van der Waals surface area contributed by atoms with Crippen LogP contribution in [0.2, 0.25) is 0 Å². The van der Waals surface area contributed by atoms with Crippen LogP contribution in [0.3, 0.4) is 0 Å². The van der Waals surface area contributed by atoms with Crippen LogP contribution >= 0.6 is 0 Å². The summed E-state index contributed by atoms with van der Waals surface area (Å²) in [5, 5.41) is 14.1. The number of alkyl halides is 3. The van der Waals surface area contributed by atoms with Crippen LogP contribution in [0.4, 0.5) is 29.5 Å². The van der Waals surface area contributed by atoms with E-state index in [0.29, 0.717) is 30.4 Å². The van der Waals surface area contributed by atoms with Gasteiger partial charge in [-0.25, -0.2) is 9.78 Å². The summed E-state index contributed by atoms with van der Waals surface area (Å²) in [6, 6.07) is 9.88. The van der Waals surface area contributed by atoms with E-state index in [1.54, 1.807) is 18.2 Å². The summed E-state index contributed by atoms with van der Waals surface area (Å²) in [7, 11) is 0. The molecule has 1 aliphatic rings. The van der Waals surface area contributed by atoms with Crippen molar-refractivity contribution in [1.29, 1.82) is 0 Å². The highest BCUT2D eigenvalue weighted by atomic mass is 19.4. The van der Waals surface area contributed by atoms with Crippen molar-refractivity contribution in [2.75, 3.05) is 10.6 Å². The van der Waals surface area contributed by atoms with E-state index in [0.717, 1.165) is 12.1 Å². The summed E-state index contributed by atoms with van der Waals surface area (Å²) in [5.41, 5.74) is 0.602. The molecule has 3 N–H and O–H groups in total. The standard InChI is InChI=1S/C25H21F3N4O4/c26-25(27,28)16-3-1-4-17(11-16)31-24(36)32-21-10-8-15(13-30-21)14-7-9-20(29-12-14)22(33)18-5-2-6-19(18)23(34)35/h1,3-4,7-13,18-19H,2,5-6H2,(H,34,35)(H2,30,31,32,36)/t18-,19-/m1/s1. The molecular formula is C25H21F3N4O4. The minimum atomic E-state index is -4.52. The average Bonchev–Trinajstić information content (AvgIpc) is 3.34. The molecular weight excluding hydrogens is 477 g/mol. The van der Waals surface area contributed by atoms with Gasteiger partial charge in [-0.2, -0.15) is 13.2 Å². The Hall–Kier alpha value is -4.28.